The number of hydrogen-bond acceptors (Lipinski definition) is 5. The van der Waals surface area contributed by atoms with Crippen LogP contribution in [0.2, 0.25) is 0 Å². The van der Waals surface area contributed by atoms with E-state index in [0.29, 0.717) is 11.2 Å². The van der Waals surface area contributed by atoms with Crippen molar-refractivity contribution in [3.8, 4) is 0 Å². The van der Waals surface area contributed by atoms with Gasteiger partial charge in [0, 0.05) is 5.39 Å². The van der Waals surface area contributed by atoms with Crippen LogP contribution >= 0.6 is 0 Å². The van der Waals surface area contributed by atoms with Gasteiger partial charge in [0.2, 0.25) is 0 Å². The number of nitrogen functional groups attached to an aromatic ring is 1. The summed E-state index contributed by atoms with van der Waals surface area (Å²) in [7, 11) is 1.36. The molecule has 0 unspecified atom stereocenters. The lowest BCUT2D eigenvalue weighted by atomic mass is 9.79. The van der Waals surface area contributed by atoms with Gasteiger partial charge in [0.15, 0.2) is 5.69 Å². The zero-order chi connectivity index (χ0) is 17.9. The monoisotopic (exact) mass is 341 g/mol. The van der Waals surface area contributed by atoms with Crippen LogP contribution < -0.4 is 11.1 Å². The molecule has 0 saturated heterocycles. The first-order valence-electron chi connectivity index (χ1n) is 8.58. The summed E-state index contributed by atoms with van der Waals surface area (Å²) >= 11 is 0. The number of nitrogens with zero attached hydrogens (tertiary/aromatic N) is 1. The van der Waals surface area contributed by atoms with E-state index in [4.69, 9.17) is 10.5 Å². The van der Waals surface area contributed by atoms with Crippen LogP contribution in [-0.4, -0.2) is 29.5 Å². The van der Waals surface area contributed by atoms with Gasteiger partial charge in [-0.25, -0.2) is 4.98 Å². The second-order valence-electron chi connectivity index (χ2n) is 6.67. The largest absolute Gasteiger partial charge is 0.469 e. The molecule has 1 heterocycles. The van der Waals surface area contributed by atoms with Gasteiger partial charge >= 0.3 is 5.97 Å². The van der Waals surface area contributed by atoms with E-state index in [2.05, 4.69) is 10.3 Å². The fourth-order valence-electron chi connectivity index (χ4n) is 3.54. The van der Waals surface area contributed by atoms with E-state index in [1.54, 1.807) is 6.07 Å². The summed E-state index contributed by atoms with van der Waals surface area (Å²) in [5.74, 6) is -0.657. The van der Waals surface area contributed by atoms with Crippen molar-refractivity contribution in [2.75, 3.05) is 12.8 Å². The molecule has 1 fully saturated rings. The standard InChI is InChI=1S/C19H23N3O3/c1-25-16(23)12-19(9-5-2-6-10-19)22-18(24)17-14(20)11-13-7-3-4-8-15(13)21-17/h3-4,7-8,11H,2,5-6,9-10,12,20H2,1H3,(H,22,24). The fourth-order valence-corrected chi connectivity index (χ4v) is 3.54. The summed E-state index contributed by atoms with van der Waals surface area (Å²) in [5.41, 5.74) is 6.72. The molecular weight excluding hydrogens is 318 g/mol. The van der Waals surface area contributed by atoms with Crippen molar-refractivity contribution in [3.05, 3.63) is 36.0 Å². The van der Waals surface area contributed by atoms with Gasteiger partial charge < -0.3 is 15.8 Å². The Hall–Kier alpha value is -2.63. The maximum atomic E-state index is 12.8. The Kier molecular flexibility index (Phi) is 4.88. The van der Waals surface area contributed by atoms with Crippen LogP contribution in [0.4, 0.5) is 5.69 Å². The van der Waals surface area contributed by atoms with Gasteiger partial charge in [-0.3, -0.25) is 9.59 Å². The third-order valence-electron chi connectivity index (χ3n) is 4.87. The molecule has 2 aromatic rings. The lowest BCUT2D eigenvalue weighted by Crippen LogP contribution is -2.51. The summed E-state index contributed by atoms with van der Waals surface area (Å²) in [6.07, 6.45) is 4.72. The Balaban J connectivity index is 1.88. The average Bonchev–Trinajstić information content (AvgIpc) is 2.61. The molecule has 0 spiro atoms. The van der Waals surface area contributed by atoms with Crippen LogP contribution in [0.1, 0.15) is 49.0 Å². The predicted octanol–water partition coefficient (Wildman–Crippen LogP) is 2.81. The summed E-state index contributed by atoms with van der Waals surface area (Å²) < 4.78 is 4.82. The molecular formula is C19H23N3O3. The van der Waals surface area contributed by atoms with Crippen LogP contribution in [0, 0.1) is 0 Å². The van der Waals surface area contributed by atoms with Crippen molar-refractivity contribution >= 4 is 28.5 Å². The number of carbonyl (C=O) groups is 2. The van der Waals surface area contributed by atoms with Crippen LogP contribution in [0.3, 0.4) is 0 Å². The molecule has 1 saturated carbocycles. The quantitative estimate of drug-likeness (QED) is 0.834. The number of amides is 1. The molecule has 0 radical (unpaired) electrons. The molecule has 6 nitrogen and oxygen atoms in total. The number of aromatic nitrogens is 1. The highest BCUT2D eigenvalue weighted by Crippen LogP contribution is 2.32. The first-order chi connectivity index (χ1) is 12.0. The Bertz CT molecular complexity index is 798. The number of hydrogen-bond donors (Lipinski definition) is 2. The number of rotatable bonds is 4. The summed E-state index contributed by atoms with van der Waals surface area (Å²) in [5, 5.41) is 3.92. The van der Waals surface area contributed by atoms with Gasteiger partial charge in [-0.2, -0.15) is 0 Å². The number of methoxy groups -OCH3 is 1. The van der Waals surface area contributed by atoms with E-state index in [1.165, 1.54) is 7.11 Å². The van der Waals surface area contributed by atoms with Gasteiger partial charge in [0.1, 0.15) is 0 Å². The van der Waals surface area contributed by atoms with Gasteiger partial charge in [-0.05, 0) is 25.0 Å². The van der Waals surface area contributed by atoms with E-state index in [9.17, 15) is 9.59 Å². The van der Waals surface area contributed by atoms with Crippen molar-refractivity contribution in [3.63, 3.8) is 0 Å². The van der Waals surface area contributed by atoms with E-state index in [1.807, 2.05) is 24.3 Å². The highest BCUT2D eigenvalue weighted by atomic mass is 16.5. The minimum Gasteiger partial charge on any atom is -0.469 e. The fraction of sp³-hybridized carbons (Fsp3) is 0.421. The number of ether oxygens (including phenoxy) is 1. The SMILES string of the molecule is COC(=O)CC1(NC(=O)c2nc3ccccc3cc2N)CCCCC1. The number of anilines is 1. The minimum absolute atomic E-state index is 0.169. The van der Waals surface area contributed by atoms with Crippen LogP contribution in [0.25, 0.3) is 10.9 Å². The third-order valence-corrected chi connectivity index (χ3v) is 4.87. The molecule has 3 rings (SSSR count). The Morgan fingerprint density at radius 3 is 2.68 bits per heavy atom. The maximum absolute atomic E-state index is 12.8. The van der Waals surface area contributed by atoms with Crippen molar-refractivity contribution in [2.24, 2.45) is 0 Å². The number of nitrogens with two attached hydrogens (primary N) is 1. The van der Waals surface area contributed by atoms with Gasteiger partial charge in [0.25, 0.3) is 5.91 Å². The molecule has 25 heavy (non-hydrogen) atoms. The second-order valence-corrected chi connectivity index (χ2v) is 6.67. The van der Waals surface area contributed by atoms with E-state index >= 15 is 0 Å². The zero-order valence-electron chi connectivity index (χ0n) is 14.4. The molecule has 0 aliphatic heterocycles. The van der Waals surface area contributed by atoms with Crippen LogP contribution in [0.5, 0.6) is 0 Å². The van der Waals surface area contributed by atoms with Crippen molar-refractivity contribution in [1.82, 2.24) is 10.3 Å². The van der Waals surface area contributed by atoms with Gasteiger partial charge in [-0.15, -0.1) is 0 Å². The highest BCUT2D eigenvalue weighted by molar-refractivity contribution is 6.00. The molecule has 3 N–H and O–H groups in total. The van der Waals surface area contributed by atoms with Crippen molar-refractivity contribution in [2.45, 2.75) is 44.1 Å². The molecule has 1 aliphatic rings. The minimum atomic E-state index is -0.581. The molecule has 1 aromatic carbocycles. The molecule has 1 amide bonds. The van der Waals surface area contributed by atoms with Crippen molar-refractivity contribution in [1.29, 1.82) is 0 Å². The maximum Gasteiger partial charge on any atom is 0.307 e. The first-order valence-corrected chi connectivity index (χ1v) is 8.58. The second kappa shape index (κ2) is 7.09. The first kappa shape index (κ1) is 17.2. The number of para-hydroxylation sites is 1. The molecule has 0 bridgehead atoms. The molecule has 132 valence electrons. The lowest BCUT2D eigenvalue weighted by molar-refractivity contribution is -0.142. The van der Waals surface area contributed by atoms with Crippen LogP contribution in [0.15, 0.2) is 30.3 Å². The smallest absolute Gasteiger partial charge is 0.307 e. The Morgan fingerprint density at radius 2 is 1.96 bits per heavy atom. The van der Waals surface area contributed by atoms with Gasteiger partial charge in [0.05, 0.1) is 30.3 Å². The number of nitrogens with one attached hydrogen (secondary N) is 1. The molecule has 0 atom stereocenters. The zero-order valence-corrected chi connectivity index (χ0v) is 14.4. The van der Waals surface area contributed by atoms with Gasteiger partial charge in [-0.1, -0.05) is 37.5 Å². The van der Waals surface area contributed by atoms with E-state index < -0.39 is 5.54 Å². The lowest BCUT2D eigenvalue weighted by Gasteiger charge is -2.37. The molecule has 6 heteroatoms. The summed E-state index contributed by atoms with van der Waals surface area (Å²) in [4.78, 5) is 29.1. The topological polar surface area (TPSA) is 94.3 Å². The van der Waals surface area contributed by atoms with E-state index in [0.717, 1.165) is 37.5 Å². The highest BCUT2D eigenvalue weighted by Gasteiger charge is 2.37. The molecule has 1 aromatic heterocycles. The average molecular weight is 341 g/mol. The Labute approximate surface area is 146 Å². The number of pyridine rings is 1. The predicted molar refractivity (Wildman–Crippen MR) is 96.1 cm³/mol. The third kappa shape index (κ3) is 3.73. The van der Waals surface area contributed by atoms with Crippen molar-refractivity contribution < 1.29 is 14.3 Å². The summed E-state index contributed by atoms with van der Waals surface area (Å²) in [6, 6.07) is 9.27. The summed E-state index contributed by atoms with van der Waals surface area (Å²) in [6.45, 7) is 0. The number of esters is 1. The molecule has 1 aliphatic carbocycles. The Morgan fingerprint density at radius 1 is 1.24 bits per heavy atom. The normalized spacial score (nSPS) is 16.4. The van der Waals surface area contributed by atoms with E-state index in [-0.39, 0.29) is 24.0 Å². The number of fused-ring (bicyclic) bond motifs is 1. The van der Waals surface area contributed by atoms with Crippen LogP contribution in [-0.2, 0) is 9.53 Å². The number of benzene rings is 1. The number of carbonyl (C=O) groups excluding carboxylic acids is 2.